The molecule has 0 aliphatic carbocycles. The molecule has 22 heavy (non-hydrogen) atoms. The van der Waals surface area contributed by atoms with E-state index in [4.69, 9.17) is 26.8 Å². The van der Waals surface area contributed by atoms with Gasteiger partial charge < -0.3 is 20.1 Å². The molecule has 0 spiro atoms. The number of rotatable bonds is 3. The van der Waals surface area contributed by atoms with Gasteiger partial charge in [0.2, 0.25) is 11.8 Å². The van der Waals surface area contributed by atoms with Crippen LogP contribution in [0.25, 0.3) is 0 Å². The van der Waals surface area contributed by atoms with Crippen molar-refractivity contribution in [3.05, 3.63) is 22.7 Å². The van der Waals surface area contributed by atoms with Crippen molar-refractivity contribution < 1.29 is 19.1 Å². The lowest BCUT2D eigenvalue weighted by molar-refractivity contribution is -0.129. The molecule has 7 heteroatoms. The largest absolute Gasteiger partial charge is 0.486 e. The summed E-state index contributed by atoms with van der Waals surface area (Å²) < 4.78 is 11.0. The third-order valence-corrected chi connectivity index (χ3v) is 4.24. The molecule has 2 aliphatic heterocycles. The van der Waals surface area contributed by atoms with Gasteiger partial charge in [-0.2, -0.15) is 0 Å². The molecule has 2 heterocycles. The minimum atomic E-state index is -0.349. The smallest absolute Gasteiger partial charge is 0.227 e. The molecule has 118 valence electrons. The third-order valence-electron chi connectivity index (χ3n) is 3.96. The maximum absolute atomic E-state index is 12.3. The van der Waals surface area contributed by atoms with Gasteiger partial charge in [0.15, 0.2) is 11.5 Å². The van der Waals surface area contributed by atoms with Crippen LogP contribution in [-0.2, 0) is 16.0 Å². The Balaban J connectivity index is 1.70. The van der Waals surface area contributed by atoms with Crippen LogP contribution in [-0.4, -0.2) is 43.0 Å². The van der Waals surface area contributed by atoms with Crippen LogP contribution in [0.1, 0.15) is 12.0 Å². The number of nitrogens with two attached hydrogens (primary N) is 1. The van der Waals surface area contributed by atoms with E-state index in [0.29, 0.717) is 49.2 Å². The van der Waals surface area contributed by atoms with E-state index in [0.717, 1.165) is 5.56 Å². The summed E-state index contributed by atoms with van der Waals surface area (Å²) in [5.41, 5.74) is 6.05. The Kier molecular flexibility index (Phi) is 4.11. The van der Waals surface area contributed by atoms with Crippen LogP contribution in [0.15, 0.2) is 12.1 Å². The summed E-state index contributed by atoms with van der Waals surface area (Å²) >= 11 is 6.16. The Labute approximate surface area is 133 Å². The normalized spacial score (nSPS) is 20.0. The van der Waals surface area contributed by atoms with Crippen molar-refractivity contribution in [3.63, 3.8) is 0 Å². The van der Waals surface area contributed by atoms with E-state index in [1.54, 1.807) is 17.0 Å². The summed E-state index contributed by atoms with van der Waals surface area (Å²) in [7, 11) is 0. The van der Waals surface area contributed by atoms with E-state index in [1.165, 1.54) is 0 Å². The highest BCUT2D eigenvalue weighted by Gasteiger charge is 2.29. The zero-order valence-corrected chi connectivity index (χ0v) is 12.8. The number of hydrogen-bond acceptors (Lipinski definition) is 4. The second-order valence-electron chi connectivity index (χ2n) is 5.51. The van der Waals surface area contributed by atoms with Crippen LogP contribution < -0.4 is 15.2 Å². The molecule has 3 rings (SSSR count). The van der Waals surface area contributed by atoms with Crippen molar-refractivity contribution in [1.29, 1.82) is 0 Å². The van der Waals surface area contributed by atoms with E-state index in [-0.39, 0.29) is 24.2 Å². The van der Waals surface area contributed by atoms with Crippen LogP contribution in [0, 0.1) is 5.92 Å². The Morgan fingerprint density at radius 2 is 2.09 bits per heavy atom. The number of carbonyl (C=O) groups excluding carboxylic acids is 2. The zero-order chi connectivity index (χ0) is 15.7. The van der Waals surface area contributed by atoms with Gasteiger partial charge in [-0.25, -0.2) is 0 Å². The average molecular weight is 325 g/mol. The topological polar surface area (TPSA) is 81.9 Å². The predicted molar refractivity (Wildman–Crippen MR) is 80.0 cm³/mol. The number of halogens is 1. The summed E-state index contributed by atoms with van der Waals surface area (Å²) in [5, 5.41) is 0.441. The molecular formula is C15H17ClN2O4. The van der Waals surface area contributed by atoms with Crippen molar-refractivity contribution in [2.24, 2.45) is 11.7 Å². The molecule has 0 radical (unpaired) electrons. The SMILES string of the molecule is NC(=O)C1CCN(C(=O)Cc2cc(Cl)c3c(c2)OCCO3)C1. The standard InChI is InChI=1S/C15H17ClN2O4/c16-11-5-9(6-12-14(11)22-4-3-21-12)7-13(19)18-2-1-10(8-18)15(17)20/h5-6,10H,1-4,7-8H2,(H2,17,20). The van der Waals surface area contributed by atoms with Gasteiger partial charge in [-0.05, 0) is 24.1 Å². The van der Waals surface area contributed by atoms with Crippen molar-refractivity contribution >= 4 is 23.4 Å². The molecule has 1 aromatic carbocycles. The highest BCUT2D eigenvalue weighted by molar-refractivity contribution is 6.32. The van der Waals surface area contributed by atoms with Crippen molar-refractivity contribution in [2.75, 3.05) is 26.3 Å². The molecule has 0 aromatic heterocycles. The molecule has 2 amide bonds. The minimum Gasteiger partial charge on any atom is -0.486 e. The van der Waals surface area contributed by atoms with Gasteiger partial charge in [0.25, 0.3) is 0 Å². The van der Waals surface area contributed by atoms with E-state index in [1.807, 2.05) is 0 Å². The Hall–Kier alpha value is -1.95. The second kappa shape index (κ2) is 6.04. The fourth-order valence-corrected chi connectivity index (χ4v) is 3.06. The number of fused-ring (bicyclic) bond motifs is 1. The molecule has 1 unspecified atom stereocenters. The minimum absolute atomic E-state index is 0.0449. The van der Waals surface area contributed by atoms with Crippen LogP contribution in [0.4, 0.5) is 0 Å². The first kappa shape index (κ1) is 15.0. The van der Waals surface area contributed by atoms with Crippen molar-refractivity contribution in [2.45, 2.75) is 12.8 Å². The number of carbonyl (C=O) groups is 2. The van der Waals surface area contributed by atoms with E-state index < -0.39 is 0 Å². The first-order valence-electron chi connectivity index (χ1n) is 7.19. The first-order chi connectivity index (χ1) is 10.5. The summed E-state index contributed by atoms with van der Waals surface area (Å²) in [6, 6.07) is 3.49. The maximum atomic E-state index is 12.3. The Bertz CT molecular complexity index is 620. The molecule has 1 aromatic rings. The number of amides is 2. The molecule has 0 saturated carbocycles. The van der Waals surface area contributed by atoms with Crippen molar-refractivity contribution in [1.82, 2.24) is 4.90 Å². The summed E-state index contributed by atoms with van der Waals surface area (Å²) in [5.74, 6) is 0.457. The quantitative estimate of drug-likeness (QED) is 0.899. The lowest BCUT2D eigenvalue weighted by Crippen LogP contribution is -2.32. The van der Waals surface area contributed by atoms with Gasteiger partial charge in [0.05, 0.1) is 17.4 Å². The number of benzene rings is 1. The highest BCUT2D eigenvalue weighted by atomic mass is 35.5. The van der Waals surface area contributed by atoms with Crippen LogP contribution in [0.2, 0.25) is 5.02 Å². The summed E-state index contributed by atoms with van der Waals surface area (Å²) in [4.78, 5) is 25.2. The van der Waals surface area contributed by atoms with E-state index in [2.05, 4.69) is 0 Å². The fourth-order valence-electron chi connectivity index (χ4n) is 2.77. The molecule has 2 aliphatic rings. The predicted octanol–water partition coefficient (Wildman–Crippen LogP) is 0.988. The second-order valence-corrected chi connectivity index (χ2v) is 5.91. The van der Waals surface area contributed by atoms with Crippen molar-refractivity contribution in [3.8, 4) is 11.5 Å². The molecule has 1 fully saturated rings. The average Bonchev–Trinajstić information content (AvgIpc) is 2.97. The van der Waals surface area contributed by atoms with Crippen LogP contribution in [0.5, 0.6) is 11.5 Å². The molecule has 0 bridgehead atoms. The monoisotopic (exact) mass is 324 g/mol. The van der Waals surface area contributed by atoms with Gasteiger partial charge in [0.1, 0.15) is 13.2 Å². The summed E-state index contributed by atoms with van der Waals surface area (Å²) in [6.45, 7) is 1.89. The van der Waals surface area contributed by atoms with Gasteiger partial charge >= 0.3 is 0 Å². The summed E-state index contributed by atoms with van der Waals surface area (Å²) in [6.07, 6.45) is 0.838. The lowest BCUT2D eigenvalue weighted by atomic mass is 10.1. The molecule has 6 nitrogen and oxygen atoms in total. The number of primary amides is 1. The van der Waals surface area contributed by atoms with Crippen LogP contribution >= 0.6 is 11.6 Å². The maximum Gasteiger partial charge on any atom is 0.227 e. The number of likely N-dealkylation sites (tertiary alicyclic amines) is 1. The van der Waals surface area contributed by atoms with Gasteiger partial charge in [-0.1, -0.05) is 11.6 Å². The molecular weight excluding hydrogens is 308 g/mol. The Morgan fingerprint density at radius 3 is 2.82 bits per heavy atom. The zero-order valence-electron chi connectivity index (χ0n) is 12.0. The van der Waals surface area contributed by atoms with E-state index >= 15 is 0 Å². The van der Waals surface area contributed by atoms with Gasteiger partial charge in [-0.15, -0.1) is 0 Å². The first-order valence-corrected chi connectivity index (χ1v) is 7.57. The highest BCUT2D eigenvalue weighted by Crippen LogP contribution is 2.38. The van der Waals surface area contributed by atoms with Crippen LogP contribution in [0.3, 0.4) is 0 Å². The number of hydrogen-bond donors (Lipinski definition) is 1. The lowest BCUT2D eigenvalue weighted by Gasteiger charge is -2.21. The fraction of sp³-hybridized carbons (Fsp3) is 0.467. The van der Waals surface area contributed by atoms with Gasteiger partial charge in [-0.3, -0.25) is 9.59 Å². The van der Waals surface area contributed by atoms with E-state index in [9.17, 15) is 9.59 Å². The van der Waals surface area contributed by atoms with Gasteiger partial charge in [0, 0.05) is 13.1 Å². The Morgan fingerprint density at radius 1 is 1.32 bits per heavy atom. The molecule has 1 atom stereocenters. The number of nitrogens with zero attached hydrogens (tertiary/aromatic N) is 1. The molecule has 1 saturated heterocycles. The third kappa shape index (κ3) is 2.97. The molecule has 2 N–H and O–H groups in total. The number of ether oxygens (including phenoxy) is 2.